The number of benzene rings is 1. The number of nitrogens with zero attached hydrogens (tertiary/aromatic N) is 3. The van der Waals surface area contributed by atoms with Gasteiger partial charge in [0.1, 0.15) is 11.3 Å². The molecular formula is C22H26N4O3. The number of aliphatic hydroxyl groups is 2. The summed E-state index contributed by atoms with van der Waals surface area (Å²) in [6.07, 6.45) is 2.50. The predicted molar refractivity (Wildman–Crippen MR) is 110 cm³/mol. The van der Waals surface area contributed by atoms with E-state index in [1.54, 1.807) is 10.6 Å². The number of β-amino-alcohol motifs (C(OH)–C–C–N with tert-alkyl or cyclic N) is 1. The Bertz CT molecular complexity index is 1020. The summed E-state index contributed by atoms with van der Waals surface area (Å²) in [5.41, 5.74) is 4.64. The molecule has 29 heavy (non-hydrogen) atoms. The molecule has 1 amide bonds. The Hall–Kier alpha value is -2.74. The van der Waals surface area contributed by atoms with Crippen molar-refractivity contribution in [3.63, 3.8) is 0 Å². The van der Waals surface area contributed by atoms with Crippen molar-refractivity contribution in [1.29, 1.82) is 0 Å². The number of hydrogen-bond donors (Lipinski definition) is 3. The van der Waals surface area contributed by atoms with Crippen LogP contribution in [-0.2, 0) is 13.0 Å². The zero-order valence-corrected chi connectivity index (χ0v) is 16.5. The number of carbonyl (C=O) groups excluding carboxylic acids is 1. The molecule has 3 N–H and O–H groups in total. The van der Waals surface area contributed by atoms with E-state index in [-0.39, 0.29) is 18.1 Å². The number of rotatable bonds is 6. The molecule has 1 aliphatic heterocycles. The SMILES string of the molecule is Cc1ccc2nc(C(=O)NC[C@H](O)[C@@H](O)CN3CCc4ccccc4C3)cn2c1. The highest BCUT2D eigenvalue weighted by Gasteiger charge is 2.23. The molecule has 0 bridgehead atoms. The Morgan fingerprint density at radius 1 is 1.14 bits per heavy atom. The number of nitrogens with one attached hydrogen (secondary N) is 1. The average molecular weight is 394 g/mol. The molecule has 2 atom stereocenters. The van der Waals surface area contributed by atoms with Gasteiger partial charge in [-0.3, -0.25) is 9.69 Å². The number of fused-ring (bicyclic) bond motifs is 2. The summed E-state index contributed by atoms with van der Waals surface area (Å²) in [4.78, 5) is 18.8. The van der Waals surface area contributed by atoms with Gasteiger partial charge < -0.3 is 19.9 Å². The fourth-order valence-electron chi connectivity index (χ4n) is 3.73. The first-order valence-electron chi connectivity index (χ1n) is 9.88. The van der Waals surface area contributed by atoms with Gasteiger partial charge in [0.2, 0.25) is 0 Å². The fourth-order valence-corrected chi connectivity index (χ4v) is 3.73. The molecular weight excluding hydrogens is 368 g/mol. The van der Waals surface area contributed by atoms with E-state index in [4.69, 9.17) is 0 Å². The lowest BCUT2D eigenvalue weighted by Gasteiger charge is -2.31. The number of aromatic nitrogens is 2. The monoisotopic (exact) mass is 394 g/mol. The molecule has 0 spiro atoms. The summed E-state index contributed by atoms with van der Waals surface area (Å²) < 4.78 is 1.80. The van der Waals surface area contributed by atoms with Gasteiger partial charge in [-0.2, -0.15) is 0 Å². The topological polar surface area (TPSA) is 90.1 Å². The minimum atomic E-state index is -1.05. The maximum atomic E-state index is 12.4. The number of carbonyl (C=O) groups is 1. The third kappa shape index (κ3) is 4.48. The summed E-state index contributed by atoms with van der Waals surface area (Å²) in [7, 11) is 0. The minimum absolute atomic E-state index is 0.0304. The van der Waals surface area contributed by atoms with Crippen LogP contribution in [0.1, 0.15) is 27.2 Å². The van der Waals surface area contributed by atoms with Gasteiger partial charge in [-0.1, -0.05) is 30.3 Å². The van der Waals surface area contributed by atoms with Gasteiger partial charge in [-0.25, -0.2) is 4.98 Å². The highest BCUT2D eigenvalue weighted by molar-refractivity contribution is 5.92. The Morgan fingerprint density at radius 3 is 2.76 bits per heavy atom. The van der Waals surface area contributed by atoms with Crippen molar-refractivity contribution < 1.29 is 15.0 Å². The van der Waals surface area contributed by atoms with Gasteiger partial charge in [0.05, 0.1) is 12.2 Å². The largest absolute Gasteiger partial charge is 0.389 e. The van der Waals surface area contributed by atoms with Gasteiger partial charge in [-0.05, 0) is 36.1 Å². The molecule has 0 aliphatic carbocycles. The molecule has 0 fully saturated rings. The molecule has 1 aliphatic rings. The normalized spacial score (nSPS) is 16.4. The van der Waals surface area contributed by atoms with Crippen molar-refractivity contribution in [3.05, 3.63) is 71.2 Å². The number of amides is 1. The summed E-state index contributed by atoms with van der Waals surface area (Å²) in [5, 5.41) is 23.3. The van der Waals surface area contributed by atoms with Crippen LogP contribution in [0, 0.1) is 6.92 Å². The molecule has 0 saturated heterocycles. The van der Waals surface area contributed by atoms with Crippen LogP contribution in [0.2, 0.25) is 0 Å². The summed E-state index contributed by atoms with van der Waals surface area (Å²) >= 11 is 0. The molecule has 0 radical (unpaired) electrons. The first-order chi connectivity index (χ1) is 14.0. The third-order valence-electron chi connectivity index (χ3n) is 5.40. The molecule has 0 saturated carbocycles. The Labute approximate surface area is 169 Å². The molecule has 3 heterocycles. The van der Waals surface area contributed by atoms with Crippen molar-refractivity contribution in [2.24, 2.45) is 0 Å². The van der Waals surface area contributed by atoms with E-state index in [2.05, 4.69) is 27.3 Å². The van der Waals surface area contributed by atoms with E-state index >= 15 is 0 Å². The Morgan fingerprint density at radius 2 is 1.93 bits per heavy atom. The van der Waals surface area contributed by atoms with Crippen molar-refractivity contribution in [3.8, 4) is 0 Å². The van der Waals surface area contributed by atoms with Crippen molar-refractivity contribution >= 4 is 11.6 Å². The molecule has 7 heteroatoms. The van der Waals surface area contributed by atoms with Crippen molar-refractivity contribution in [1.82, 2.24) is 19.6 Å². The lowest BCUT2D eigenvalue weighted by atomic mass is 9.99. The first kappa shape index (κ1) is 19.6. The van der Waals surface area contributed by atoms with Crippen LogP contribution >= 0.6 is 0 Å². The fraction of sp³-hybridized carbons (Fsp3) is 0.364. The number of imidazole rings is 1. The zero-order valence-electron chi connectivity index (χ0n) is 16.5. The molecule has 1 aromatic carbocycles. The quantitative estimate of drug-likeness (QED) is 0.584. The van der Waals surface area contributed by atoms with Gasteiger partial charge in [-0.15, -0.1) is 0 Å². The molecule has 3 aromatic rings. The lowest BCUT2D eigenvalue weighted by Crippen LogP contribution is -2.45. The van der Waals surface area contributed by atoms with Crippen molar-refractivity contribution in [2.45, 2.75) is 32.1 Å². The molecule has 2 aromatic heterocycles. The summed E-state index contributed by atoms with van der Waals surface area (Å²) in [6.45, 7) is 3.90. The maximum absolute atomic E-state index is 12.4. The van der Waals surface area contributed by atoms with Crippen LogP contribution in [0.15, 0.2) is 48.8 Å². The highest BCUT2D eigenvalue weighted by Crippen LogP contribution is 2.18. The average Bonchev–Trinajstić information content (AvgIpc) is 3.15. The van der Waals surface area contributed by atoms with E-state index in [0.717, 1.165) is 25.1 Å². The minimum Gasteiger partial charge on any atom is -0.389 e. The van der Waals surface area contributed by atoms with Crippen LogP contribution in [0.4, 0.5) is 0 Å². The highest BCUT2D eigenvalue weighted by atomic mass is 16.3. The number of aliphatic hydroxyl groups excluding tert-OH is 2. The second kappa shape index (κ2) is 8.32. The number of hydrogen-bond acceptors (Lipinski definition) is 5. The smallest absolute Gasteiger partial charge is 0.271 e. The van der Waals surface area contributed by atoms with Crippen LogP contribution in [-0.4, -0.2) is 62.2 Å². The number of pyridine rings is 1. The van der Waals surface area contributed by atoms with Gasteiger partial charge in [0, 0.05) is 38.6 Å². The zero-order chi connectivity index (χ0) is 20.4. The van der Waals surface area contributed by atoms with E-state index in [9.17, 15) is 15.0 Å². The predicted octanol–water partition coefficient (Wildman–Crippen LogP) is 1.15. The first-order valence-corrected chi connectivity index (χ1v) is 9.88. The van der Waals surface area contributed by atoms with Crippen LogP contribution in [0.3, 0.4) is 0 Å². The van der Waals surface area contributed by atoms with Gasteiger partial charge >= 0.3 is 0 Å². The second-order valence-corrected chi connectivity index (χ2v) is 7.70. The van der Waals surface area contributed by atoms with E-state index < -0.39 is 12.2 Å². The molecule has 152 valence electrons. The number of aryl methyl sites for hydroxylation is 1. The second-order valence-electron chi connectivity index (χ2n) is 7.70. The molecule has 4 rings (SSSR count). The standard InChI is InChI=1S/C22H26N4O3/c1-15-6-7-21-24-18(13-26(21)11-15)22(29)23-10-19(27)20(28)14-25-9-8-16-4-2-3-5-17(16)12-25/h2-7,11,13,19-20,27-28H,8-10,12,14H2,1H3,(H,23,29)/t19-,20-/m0/s1. The molecule has 7 nitrogen and oxygen atoms in total. The lowest BCUT2D eigenvalue weighted by molar-refractivity contribution is -0.00343. The van der Waals surface area contributed by atoms with E-state index in [0.29, 0.717) is 12.2 Å². The van der Waals surface area contributed by atoms with Crippen LogP contribution < -0.4 is 5.32 Å². The summed E-state index contributed by atoms with van der Waals surface area (Å²) in [6, 6.07) is 12.1. The molecule has 0 unspecified atom stereocenters. The Kier molecular flexibility index (Phi) is 5.62. The van der Waals surface area contributed by atoms with E-state index in [1.165, 1.54) is 11.1 Å². The third-order valence-corrected chi connectivity index (χ3v) is 5.40. The van der Waals surface area contributed by atoms with Crippen molar-refractivity contribution in [2.75, 3.05) is 19.6 Å². The van der Waals surface area contributed by atoms with Gasteiger partial charge in [0.15, 0.2) is 0 Å². The maximum Gasteiger partial charge on any atom is 0.271 e. The van der Waals surface area contributed by atoms with E-state index in [1.807, 2.05) is 37.4 Å². The summed E-state index contributed by atoms with van der Waals surface area (Å²) in [5.74, 6) is -0.371. The van der Waals surface area contributed by atoms with Crippen LogP contribution in [0.25, 0.3) is 5.65 Å². The van der Waals surface area contributed by atoms with Crippen LogP contribution in [0.5, 0.6) is 0 Å². The van der Waals surface area contributed by atoms with Gasteiger partial charge in [0.25, 0.3) is 5.91 Å². The Balaban J connectivity index is 1.29.